The van der Waals surface area contributed by atoms with Crippen LogP contribution in [0.2, 0.25) is 0 Å². The van der Waals surface area contributed by atoms with E-state index in [4.69, 9.17) is 10.0 Å². The summed E-state index contributed by atoms with van der Waals surface area (Å²) < 4.78 is 4.11. The highest BCUT2D eigenvalue weighted by Crippen LogP contribution is 2.25. The van der Waals surface area contributed by atoms with Crippen molar-refractivity contribution in [3.8, 4) is 0 Å². The molecule has 7 heavy (non-hydrogen) atoms. The molecule has 0 atom stereocenters. The Labute approximate surface area is 54.4 Å². The van der Waals surface area contributed by atoms with Gasteiger partial charge in [0, 0.05) is 9.83 Å². The fourth-order valence-electron chi connectivity index (χ4n) is 0.0527. The van der Waals surface area contributed by atoms with Gasteiger partial charge in [-0.1, -0.05) is 11.7 Å². The molecule has 0 saturated carbocycles. The van der Waals surface area contributed by atoms with Gasteiger partial charge in [0.2, 0.25) is 0 Å². The Hall–Kier alpha value is 0.995. The van der Waals surface area contributed by atoms with Crippen LogP contribution in [0.5, 0.6) is 0 Å². The van der Waals surface area contributed by atoms with Crippen molar-refractivity contribution in [3.05, 3.63) is 0 Å². The highest BCUT2D eigenvalue weighted by Gasteiger charge is 2.07. The molecule has 7 heteroatoms. The molecular weight excluding hydrogens is 155 g/mol. The lowest BCUT2D eigenvalue weighted by Crippen LogP contribution is -2.10. The van der Waals surface area contributed by atoms with E-state index in [1.165, 1.54) is 0 Å². The predicted octanol–water partition coefficient (Wildman–Crippen LogP) is 0.114. The van der Waals surface area contributed by atoms with Gasteiger partial charge in [0.1, 0.15) is 0 Å². The molecule has 0 aliphatic rings. The molecule has 0 spiro atoms. The number of hydrogen-bond acceptors (Lipinski definition) is 6. The van der Waals surface area contributed by atoms with Crippen LogP contribution in [0.1, 0.15) is 0 Å². The zero-order chi connectivity index (χ0) is 5.70. The lowest BCUT2D eigenvalue weighted by Gasteiger charge is -1.91. The molecule has 0 aromatic heterocycles. The Morgan fingerprint density at radius 3 is 2.29 bits per heavy atom. The second-order valence-corrected chi connectivity index (χ2v) is 3.24. The van der Waals surface area contributed by atoms with E-state index in [2.05, 4.69) is 15.8 Å². The van der Waals surface area contributed by atoms with Gasteiger partial charge in [0.05, 0.1) is 11.1 Å². The van der Waals surface area contributed by atoms with Crippen molar-refractivity contribution in [1.82, 2.24) is 0 Å². The Kier molecular flexibility index (Phi) is 5.87. The van der Waals surface area contributed by atoms with Crippen molar-refractivity contribution in [1.29, 1.82) is 0 Å². The van der Waals surface area contributed by atoms with E-state index in [-0.39, 0.29) is 0 Å². The third-order valence-corrected chi connectivity index (χ3v) is 1.43. The van der Waals surface area contributed by atoms with Crippen LogP contribution in [-0.2, 0) is 4.10 Å². The lowest BCUT2D eigenvalue weighted by molar-refractivity contribution is 0.310. The van der Waals surface area contributed by atoms with E-state index in [1.54, 1.807) is 0 Å². The van der Waals surface area contributed by atoms with Crippen molar-refractivity contribution < 1.29 is 14.1 Å². The fourth-order valence-corrected chi connectivity index (χ4v) is 0.791. The van der Waals surface area contributed by atoms with Crippen molar-refractivity contribution in [2.24, 2.45) is 0 Å². The first kappa shape index (κ1) is 7.99. The average Bonchev–Trinajstić information content (AvgIpc) is 1.61. The number of rotatable bonds is 3. The minimum absolute atomic E-state index is 0.797. The molecule has 0 radical (unpaired) electrons. The van der Waals surface area contributed by atoms with Crippen molar-refractivity contribution in [2.45, 2.75) is 0 Å². The molecule has 0 bridgehead atoms. The molecule has 0 amide bonds. The van der Waals surface area contributed by atoms with E-state index >= 15 is 0 Å². The highest BCUT2D eigenvalue weighted by atomic mass is 33.5. The van der Waals surface area contributed by atoms with Crippen LogP contribution in [0.3, 0.4) is 0 Å². The summed E-state index contributed by atoms with van der Waals surface area (Å²) in [5.74, 6) is 0. The predicted molar refractivity (Wildman–Crippen MR) is 35.4 cm³/mol. The maximum Gasteiger partial charge on any atom is 0.646 e. The normalized spacial score (nSPS) is 9.00. The monoisotopic (exact) mass is 158 g/mol. The third kappa shape index (κ3) is 6.99. The van der Waals surface area contributed by atoms with Crippen molar-refractivity contribution in [2.75, 3.05) is 0 Å². The fraction of sp³-hybridized carbons (Fsp3) is 0. The summed E-state index contributed by atoms with van der Waals surface area (Å²) in [6.45, 7) is 0. The average molecular weight is 158 g/mol. The number of thiol groups is 1. The van der Waals surface area contributed by atoms with Crippen LogP contribution in [0.25, 0.3) is 0 Å². The first-order valence-electron chi connectivity index (χ1n) is 1.27. The maximum atomic E-state index is 7.95. The van der Waals surface area contributed by atoms with Crippen LogP contribution in [0.4, 0.5) is 0 Å². The Bertz CT molecular complexity index is 39.2. The first-order chi connectivity index (χ1) is 3.27. The van der Waals surface area contributed by atoms with Gasteiger partial charge in [-0.2, -0.15) is 0 Å². The quantitative estimate of drug-likeness (QED) is 0.235. The molecule has 42 valence electrons. The Balaban J connectivity index is 2.68. The molecule has 0 heterocycles. The smallest absolute Gasteiger partial charge is 0.401 e. The minimum Gasteiger partial charge on any atom is -0.401 e. The minimum atomic E-state index is -1.70. The lowest BCUT2D eigenvalue weighted by atomic mass is 10.3. The summed E-state index contributed by atoms with van der Waals surface area (Å²) in [7, 11) is -0.705. The molecule has 3 nitrogen and oxygen atoms in total. The van der Waals surface area contributed by atoms with Gasteiger partial charge in [-0.15, -0.1) is 0 Å². The maximum absolute atomic E-state index is 7.95. The molecular formula is H3BO3S3. The van der Waals surface area contributed by atoms with E-state index in [0.29, 0.717) is 0 Å². The molecule has 2 N–H and O–H groups in total. The molecule has 0 aromatic rings. The first-order valence-corrected chi connectivity index (χ1v) is 4.40. The molecule has 0 aliphatic carbocycles. The van der Waals surface area contributed by atoms with Crippen LogP contribution in [0.15, 0.2) is 0 Å². The second-order valence-electron chi connectivity index (χ2n) is 0.565. The van der Waals surface area contributed by atoms with Crippen LogP contribution >= 0.6 is 32.6 Å². The van der Waals surface area contributed by atoms with Crippen molar-refractivity contribution in [3.63, 3.8) is 0 Å². The SMILES string of the molecule is OB(O)OSSS. The van der Waals surface area contributed by atoms with Gasteiger partial charge >= 0.3 is 7.32 Å². The highest BCUT2D eigenvalue weighted by molar-refractivity contribution is 9.04. The zero-order valence-corrected chi connectivity index (χ0v) is 5.67. The molecule has 0 fully saturated rings. The summed E-state index contributed by atoms with van der Waals surface area (Å²) in [6.07, 6.45) is 0. The van der Waals surface area contributed by atoms with Gasteiger partial charge in [-0.05, 0) is 0 Å². The molecule has 0 rings (SSSR count). The molecule has 0 unspecified atom stereocenters. The molecule has 0 aromatic carbocycles. The van der Waals surface area contributed by atoms with Crippen LogP contribution < -0.4 is 0 Å². The van der Waals surface area contributed by atoms with Gasteiger partial charge in [0.25, 0.3) is 0 Å². The summed E-state index contributed by atoms with van der Waals surface area (Å²) in [6, 6.07) is 0. The van der Waals surface area contributed by atoms with E-state index < -0.39 is 7.32 Å². The van der Waals surface area contributed by atoms with Gasteiger partial charge in [-0.25, -0.2) is 0 Å². The van der Waals surface area contributed by atoms with Crippen LogP contribution in [0, 0.1) is 0 Å². The van der Waals surface area contributed by atoms with Crippen LogP contribution in [-0.4, -0.2) is 17.4 Å². The zero-order valence-electron chi connectivity index (χ0n) is 3.14. The molecule has 0 saturated heterocycles. The summed E-state index contributed by atoms with van der Waals surface area (Å²) in [5, 5.41) is 15.9. The van der Waals surface area contributed by atoms with Gasteiger partial charge in [-0.3, -0.25) is 0 Å². The number of hydrogen-bond donors (Lipinski definition) is 3. The third-order valence-electron chi connectivity index (χ3n) is 0.156. The van der Waals surface area contributed by atoms with E-state index in [0.717, 1.165) is 20.9 Å². The molecule has 0 aliphatic heterocycles. The summed E-state index contributed by atoms with van der Waals surface area (Å²) >= 11 is 4.42. The van der Waals surface area contributed by atoms with E-state index in [9.17, 15) is 0 Å². The second kappa shape index (κ2) is 5.14. The van der Waals surface area contributed by atoms with Gasteiger partial charge in [0.15, 0.2) is 0 Å². The summed E-state index contributed by atoms with van der Waals surface area (Å²) in [4.78, 5) is 0. The standard InChI is InChI=1S/BH3O3S3/c2-1(3)4-6-7-5/h2-3,5H. The van der Waals surface area contributed by atoms with E-state index in [1.807, 2.05) is 0 Å². The van der Waals surface area contributed by atoms with Crippen molar-refractivity contribution >= 4 is 39.9 Å². The Morgan fingerprint density at radius 2 is 2.14 bits per heavy atom. The largest absolute Gasteiger partial charge is 0.646 e. The Morgan fingerprint density at radius 1 is 1.57 bits per heavy atom. The topological polar surface area (TPSA) is 49.7 Å². The van der Waals surface area contributed by atoms with Gasteiger partial charge < -0.3 is 14.1 Å². The summed E-state index contributed by atoms with van der Waals surface area (Å²) in [5.41, 5.74) is 0.